The summed E-state index contributed by atoms with van der Waals surface area (Å²) in [6.07, 6.45) is 3.80. The van der Waals surface area contributed by atoms with Crippen molar-refractivity contribution in [3.63, 3.8) is 0 Å². The minimum atomic E-state index is 0.230. The van der Waals surface area contributed by atoms with E-state index in [1.165, 1.54) is 19.3 Å². The molecule has 0 aromatic carbocycles. The number of anilines is 1. The first-order valence-electron chi connectivity index (χ1n) is 6.80. The van der Waals surface area contributed by atoms with Crippen LogP contribution in [0.2, 0.25) is 0 Å². The average Bonchev–Trinajstić information content (AvgIpc) is 2.23. The van der Waals surface area contributed by atoms with E-state index in [-0.39, 0.29) is 11.1 Å². The van der Waals surface area contributed by atoms with Gasteiger partial charge in [-0.15, -0.1) is 0 Å². The van der Waals surface area contributed by atoms with Crippen LogP contribution < -0.4 is 5.73 Å². The van der Waals surface area contributed by atoms with Crippen LogP contribution in [0.4, 0.5) is 5.82 Å². The molecule has 0 unspecified atom stereocenters. The number of nitrogens with zero attached hydrogens (tertiary/aromatic N) is 2. The summed E-state index contributed by atoms with van der Waals surface area (Å²) in [6, 6.07) is 5.90. The Bertz CT molecular complexity index is 408. The standard InChI is InChI=1S/C15H25N3/c1-14(2)9-6-10-15(3,4)18(14)11-12-7-5-8-13(16)17-12/h5,7-8H,6,9-11H2,1-4H3,(H2,16,17). The van der Waals surface area contributed by atoms with Gasteiger partial charge in [0.05, 0.1) is 5.69 Å². The van der Waals surface area contributed by atoms with Gasteiger partial charge in [-0.25, -0.2) is 4.98 Å². The van der Waals surface area contributed by atoms with Crippen LogP contribution in [0, 0.1) is 0 Å². The Morgan fingerprint density at radius 3 is 2.33 bits per heavy atom. The van der Waals surface area contributed by atoms with E-state index >= 15 is 0 Å². The van der Waals surface area contributed by atoms with Crippen LogP contribution >= 0.6 is 0 Å². The summed E-state index contributed by atoms with van der Waals surface area (Å²) < 4.78 is 0. The predicted molar refractivity (Wildman–Crippen MR) is 76.2 cm³/mol. The lowest BCUT2D eigenvalue weighted by atomic mass is 9.79. The summed E-state index contributed by atoms with van der Waals surface area (Å²) in [7, 11) is 0. The molecule has 0 bridgehead atoms. The average molecular weight is 247 g/mol. The molecule has 0 aliphatic carbocycles. The summed E-state index contributed by atoms with van der Waals surface area (Å²) in [6.45, 7) is 10.2. The third-order valence-electron chi connectivity index (χ3n) is 4.19. The van der Waals surface area contributed by atoms with Gasteiger partial charge >= 0.3 is 0 Å². The quantitative estimate of drug-likeness (QED) is 0.872. The van der Waals surface area contributed by atoms with E-state index in [9.17, 15) is 0 Å². The minimum Gasteiger partial charge on any atom is -0.384 e. The van der Waals surface area contributed by atoms with Crippen molar-refractivity contribution in [2.24, 2.45) is 0 Å². The Morgan fingerprint density at radius 2 is 1.78 bits per heavy atom. The Balaban J connectivity index is 2.24. The molecule has 1 aliphatic heterocycles. The van der Waals surface area contributed by atoms with Gasteiger partial charge in [0.1, 0.15) is 5.82 Å². The van der Waals surface area contributed by atoms with E-state index in [0.717, 1.165) is 12.2 Å². The highest BCUT2D eigenvalue weighted by atomic mass is 15.3. The maximum atomic E-state index is 5.77. The molecule has 18 heavy (non-hydrogen) atoms. The van der Waals surface area contributed by atoms with Gasteiger partial charge in [-0.05, 0) is 59.1 Å². The molecular formula is C15H25N3. The number of hydrogen-bond acceptors (Lipinski definition) is 3. The van der Waals surface area contributed by atoms with Crippen LogP contribution in [0.5, 0.6) is 0 Å². The topological polar surface area (TPSA) is 42.1 Å². The van der Waals surface area contributed by atoms with Crippen molar-refractivity contribution < 1.29 is 0 Å². The van der Waals surface area contributed by atoms with Crippen LogP contribution in [0.25, 0.3) is 0 Å². The first-order chi connectivity index (χ1) is 8.31. The highest BCUT2D eigenvalue weighted by Crippen LogP contribution is 2.39. The largest absolute Gasteiger partial charge is 0.384 e. The molecule has 2 heterocycles. The number of nitrogens with two attached hydrogens (primary N) is 1. The van der Waals surface area contributed by atoms with Crippen molar-refractivity contribution in [2.75, 3.05) is 5.73 Å². The summed E-state index contributed by atoms with van der Waals surface area (Å²) in [5, 5.41) is 0. The van der Waals surface area contributed by atoms with Crippen molar-refractivity contribution >= 4 is 5.82 Å². The van der Waals surface area contributed by atoms with Gasteiger partial charge in [0, 0.05) is 17.6 Å². The predicted octanol–water partition coefficient (Wildman–Crippen LogP) is 3.21. The lowest BCUT2D eigenvalue weighted by Gasteiger charge is -2.52. The summed E-state index contributed by atoms with van der Waals surface area (Å²) >= 11 is 0. The van der Waals surface area contributed by atoms with Gasteiger partial charge < -0.3 is 5.73 Å². The Kier molecular flexibility index (Phi) is 3.37. The van der Waals surface area contributed by atoms with Gasteiger partial charge in [-0.2, -0.15) is 0 Å². The third-order valence-corrected chi connectivity index (χ3v) is 4.19. The van der Waals surface area contributed by atoms with Crippen LogP contribution in [0.1, 0.15) is 52.7 Å². The highest BCUT2D eigenvalue weighted by molar-refractivity contribution is 5.28. The van der Waals surface area contributed by atoms with Gasteiger partial charge in [0.15, 0.2) is 0 Å². The number of nitrogen functional groups attached to an aromatic ring is 1. The Labute approximate surface area is 110 Å². The van der Waals surface area contributed by atoms with E-state index in [0.29, 0.717) is 5.82 Å². The van der Waals surface area contributed by atoms with Crippen molar-refractivity contribution in [3.8, 4) is 0 Å². The zero-order valence-electron chi connectivity index (χ0n) is 12.0. The maximum Gasteiger partial charge on any atom is 0.123 e. The van der Waals surface area contributed by atoms with Gasteiger partial charge in [-0.1, -0.05) is 6.07 Å². The number of likely N-dealkylation sites (tertiary alicyclic amines) is 1. The summed E-state index contributed by atoms with van der Waals surface area (Å²) in [4.78, 5) is 7.01. The highest BCUT2D eigenvalue weighted by Gasteiger charge is 2.41. The summed E-state index contributed by atoms with van der Waals surface area (Å²) in [5.41, 5.74) is 7.30. The van der Waals surface area contributed by atoms with Crippen molar-refractivity contribution in [2.45, 2.75) is 64.6 Å². The lowest BCUT2D eigenvalue weighted by Crippen LogP contribution is -2.57. The zero-order valence-corrected chi connectivity index (χ0v) is 12.0. The fourth-order valence-electron chi connectivity index (χ4n) is 3.22. The molecule has 2 N–H and O–H groups in total. The second-order valence-electron chi connectivity index (χ2n) is 6.62. The molecule has 1 aromatic heterocycles. The fourth-order valence-corrected chi connectivity index (χ4v) is 3.22. The molecule has 3 heteroatoms. The first-order valence-corrected chi connectivity index (χ1v) is 6.80. The molecule has 0 radical (unpaired) electrons. The minimum absolute atomic E-state index is 0.230. The maximum absolute atomic E-state index is 5.77. The van der Waals surface area contributed by atoms with E-state index in [4.69, 9.17) is 5.73 Å². The van der Waals surface area contributed by atoms with Gasteiger partial charge in [0.2, 0.25) is 0 Å². The Hall–Kier alpha value is -1.09. The van der Waals surface area contributed by atoms with Crippen LogP contribution in [-0.4, -0.2) is 21.0 Å². The number of pyridine rings is 1. The zero-order chi connectivity index (χ0) is 13.4. The van der Waals surface area contributed by atoms with Crippen molar-refractivity contribution in [1.29, 1.82) is 0 Å². The number of piperidine rings is 1. The number of aromatic nitrogens is 1. The molecule has 1 saturated heterocycles. The molecule has 1 fully saturated rings. The Morgan fingerprint density at radius 1 is 1.17 bits per heavy atom. The molecule has 2 rings (SSSR count). The third kappa shape index (κ3) is 2.66. The van der Waals surface area contributed by atoms with Crippen molar-refractivity contribution in [1.82, 2.24) is 9.88 Å². The molecule has 0 spiro atoms. The lowest BCUT2D eigenvalue weighted by molar-refractivity contribution is -0.0349. The van der Waals surface area contributed by atoms with E-state index in [2.05, 4.69) is 43.6 Å². The SMILES string of the molecule is CC1(C)CCCC(C)(C)N1Cc1cccc(N)n1. The van der Waals surface area contributed by atoms with E-state index in [1.807, 2.05) is 12.1 Å². The van der Waals surface area contributed by atoms with Crippen LogP contribution in [0.3, 0.4) is 0 Å². The summed E-state index contributed by atoms with van der Waals surface area (Å²) in [5.74, 6) is 0.611. The molecule has 0 saturated carbocycles. The smallest absolute Gasteiger partial charge is 0.123 e. The fraction of sp³-hybridized carbons (Fsp3) is 0.667. The monoisotopic (exact) mass is 247 g/mol. The second kappa shape index (κ2) is 4.54. The number of rotatable bonds is 2. The first kappa shape index (κ1) is 13.3. The van der Waals surface area contributed by atoms with Gasteiger partial charge in [-0.3, -0.25) is 4.90 Å². The molecule has 1 aliphatic rings. The molecule has 1 aromatic rings. The second-order valence-corrected chi connectivity index (χ2v) is 6.62. The molecule has 0 amide bonds. The van der Waals surface area contributed by atoms with Crippen LogP contribution in [0.15, 0.2) is 18.2 Å². The normalized spacial score (nSPS) is 22.9. The molecule has 100 valence electrons. The van der Waals surface area contributed by atoms with Gasteiger partial charge in [0.25, 0.3) is 0 Å². The van der Waals surface area contributed by atoms with Crippen LogP contribution in [-0.2, 0) is 6.54 Å². The molecule has 3 nitrogen and oxygen atoms in total. The molecular weight excluding hydrogens is 222 g/mol. The van der Waals surface area contributed by atoms with E-state index in [1.54, 1.807) is 0 Å². The van der Waals surface area contributed by atoms with Crippen molar-refractivity contribution in [3.05, 3.63) is 23.9 Å². The molecule has 0 atom stereocenters. The number of hydrogen-bond donors (Lipinski definition) is 1. The van der Waals surface area contributed by atoms with E-state index < -0.39 is 0 Å².